The molecule has 4 N–H and O–H groups in total. The summed E-state index contributed by atoms with van der Waals surface area (Å²) in [5.41, 5.74) is 7.38. The van der Waals surface area contributed by atoms with Crippen LogP contribution in [-0.4, -0.2) is 40.7 Å². The fraction of sp³-hybridized carbons (Fsp3) is 0.462. The molecule has 18 heavy (non-hydrogen) atoms. The van der Waals surface area contributed by atoms with Crippen LogP contribution in [0.2, 0.25) is 0 Å². The normalized spacial score (nSPS) is 13.9. The Morgan fingerprint density at radius 3 is 2.72 bits per heavy atom. The number of hydrogen-bond donors (Lipinski definition) is 3. The average molecular weight is 251 g/mol. The van der Waals surface area contributed by atoms with E-state index in [2.05, 4.69) is 10.1 Å². The third-order valence-corrected chi connectivity index (χ3v) is 2.77. The standard InChI is InChI=1S/C13H21N3O2/c1-10(17)7-8-16(2)9-11-5-3-4-6-12(11)13(14)15-18/h3-6,10,17-18H,7-9H2,1-2H3,(H2,14,15). The molecule has 0 amide bonds. The van der Waals surface area contributed by atoms with Gasteiger partial charge in [-0.2, -0.15) is 0 Å². The van der Waals surface area contributed by atoms with Crippen LogP contribution in [0.4, 0.5) is 0 Å². The number of amidine groups is 1. The quantitative estimate of drug-likeness (QED) is 0.305. The van der Waals surface area contributed by atoms with Gasteiger partial charge >= 0.3 is 0 Å². The van der Waals surface area contributed by atoms with Crippen molar-refractivity contribution < 1.29 is 10.3 Å². The Labute approximate surface area is 108 Å². The molecule has 0 aliphatic carbocycles. The maximum atomic E-state index is 9.25. The molecule has 0 bridgehead atoms. The molecule has 0 radical (unpaired) electrons. The van der Waals surface area contributed by atoms with Crippen molar-refractivity contribution in [2.45, 2.75) is 26.0 Å². The fourth-order valence-corrected chi connectivity index (χ4v) is 1.74. The van der Waals surface area contributed by atoms with Gasteiger partial charge in [-0.1, -0.05) is 29.4 Å². The van der Waals surface area contributed by atoms with Crippen molar-refractivity contribution >= 4 is 5.84 Å². The van der Waals surface area contributed by atoms with Crippen molar-refractivity contribution in [2.24, 2.45) is 10.9 Å². The minimum Gasteiger partial charge on any atom is -0.409 e. The van der Waals surface area contributed by atoms with Gasteiger partial charge in [0.2, 0.25) is 0 Å². The summed E-state index contributed by atoms with van der Waals surface area (Å²) < 4.78 is 0. The molecule has 0 heterocycles. The summed E-state index contributed by atoms with van der Waals surface area (Å²) in [6.45, 7) is 3.26. The number of aliphatic hydroxyl groups excluding tert-OH is 1. The van der Waals surface area contributed by atoms with Crippen LogP contribution in [0.5, 0.6) is 0 Å². The molecule has 1 unspecified atom stereocenters. The van der Waals surface area contributed by atoms with Gasteiger partial charge in [0.1, 0.15) is 0 Å². The van der Waals surface area contributed by atoms with Gasteiger partial charge < -0.3 is 20.9 Å². The third-order valence-electron chi connectivity index (χ3n) is 2.77. The number of nitrogens with zero attached hydrogens (tertiary/aromatic N) is 2. The predicted molar refractivity (Wildman–Crippen MR) is 71.6 cm³/mol. The molecule has 1 atom stereocenters. The van der Waals surface area contributed by atoms with E-state index in [9.17, 15) is 5.11 Å². The highest BCUT2D eigenvalue weighted by atomic mass is 16.4. The molecule has 0 aromatic heterocycles. The van der Waals surface area contributed by atoms with Crippen LogP contribution >= 0.6 is 0 Å². The minimum absolute atomic E-state index is 0.120. The molecule has 5 nitrogen and oxygen atoms in total. The first-order chi connectivity index (χ1) is 8.54. The number of benzene rings is 1. The molecular formula is C13H21N3O2. The van der Waals surface area contributed by atoms with E-state index >= 15 is 0 Å². The van der Waals surface area contributed by atoms with E-state index in [-0.39, 0.29) is 11.9 Å². The lowest BCUT2D eigenvalue weighted by Gasteiger charge is -2.19. The number of aliphatic hydroxyl groups is 1. The Bertz CT molecular complexity index is 405. The smallest absolute Gasteiger partial charge is 0.170 e. The molecule has 0 saturated carbocycles. The van der Waals surface area contributed by atoms with Crippen LogP contribution in [0.15, 0.2) is 29.4 Å². The lowest BCUT2D eigenvalue weighted by molar-refractivity contribution is 0.163. The SMILES string of the molecule is CC(O)CCN(C)Cc1ccccc1/C(N)=N/O. The summed E-state index contributed by atoms with van der Waals surface area (Å²) in [5, 5.41) is 21.0. The molecule has 1 aromatic carbocycles. The molecule has 0 saturated heterocycles. The van der Waals surface area contributed by atoms with Gasteiger partial charge in [0, 0.05) is 18.7 Å². The van der Waals surface area contributed by atoms with Crippen molar-refractivity contribution in [1.82, 2.24) is 4.90 Å². The lowest BCUT2D eigenvalue weighted by atomic mass is 10.1. The third kappa shape index (κ3) is 4.35. The minimum atomic E-state index is -0.299. The Balaban J connectivity index is 2.72. The van der Waals surface area contributed by atoms with Crippen LogP contribution in [0.3, 0.4) is 0 Å². The molecule has 1 rings (SSSR count). The van der Waals surface area contributed by atoms with Crippen molar-refractivity contribution in [3.05, 3.63) is 35.4 Å². The summed E-state index contributed by atoms with van der Waals surface area (Å²) >= 11 is 0. The second kappa shape index (κ2) is 6.98. The van der Waals surface area contributed by atoms with E-state index in [4.69, 9.17) is 10.9 Å². The molecule has 5 heteroatoms. The fourth-order valence-electron chi connectivity index (χ4n) is 1.74. The summed E-state index contributed by atoms with van der Waals surface area (Å²) in [5.74, 6) is 0.120. The Morgan fingerprint density at radius 1 is 1.44 bits per heavy atom. The van der Waals surface area contributed by atoms with Crippen LogP contribution in [0.1, 0.15) is 24.5 Å². The van der Waals surface area contributed by atoms with E-state index in [0.29, 0.717) is 6.54 Å². The van der Waals surface area contributed by atoms with E-state index in [1.54, 1.807) is 6.92 Å². The molecule has 0 aliphatic rings. The van der Waals surface area contributed by atoms with Gasteiger partial charge in [0.05, 0.1) is 6.10 Å². The largest absolute Gasteiger partial charge is 0.409 e. The molecule has 1 aromatic rings. The van der Waals surface area contributed by atoms with Gasteiger partial charge in [0.15, 0.2) is 5.84 Å². The van der Waals surface area contributed by atoms with Gasteiger partial charge in [-0.15, -0.1) is 0 Å². The van der Waals surface area contributed by atoms with Gasteiger partial charge in [0.25, 0.3) is 0 Å². The zero-order valence-electron chi connectivity index (χ0n) is 10.9. The number of hydrogen-bond acceptors (Lipinski definition) is 4. The van der Waals surface area contributed by atoms with E-state index < -0.39 is 0 Å². The van der Waals surface area contributed by atoms with E-state index in [1.165, 1.54) is 0 Å². The van der Waals surface area contributed by atoms with Gasteiger partial charge in [-0.3, -0.25) is 0 Å². The summed E-state index contributed by atoms with van der Waals surface area (Å²) in [7, 11) is 1.98. The Kier molecular flexibility index (Phi) is 5.61. The van der Waals surface area contributed by atoms with Crippen LogP contribution in [-0.2, 0) is 6.54 Å². The predicted octanol–water partition coefficient (Wildman–Crippen LogP) is 0.984. The first-order valence-corrected chi connectivity index (χ1v) is 5.97. The van der Waals surface area contributed by atoms with Crippen molar-refractivity contribution in [3.63, 3.8) is 0 Å². The summed E-state index contributed by atoms with van der Waals surface area (Å²) in [4.78, 5) is 2.09. The van der Waals surface area contributed by atoms with Crippen LogP contribution in [0, 0.1) is 0 Å². The van der Waals surface area contributed by atoms with Crippen molar-refractivity contribution in [2.75, 3.05) is 13.6 Å². The first-order valence-electron chi connectivity index (χ1n) is 5.97. The van der Waals surface area contributed by atoms with E-state index in [0.717, 1.165) is 24.1 Å². The monoisotopic (exact) mass is 251 g/mol. The maximum Gasteiger partial charge on any atom is 0.170 e. The Morgan fingerprint density at radius 2 is 2.11 bits per heavy atom. The average Bonchev–Trinajstić information content (AvgIpc) is 2.36. The lowest BCUT2D eigenvalue weighted by Crippen LogP contribution is -2.24. The second-order valence-corrected chi connectivity index (χ2v) is 4.52. The topological polar surface area (TPSA) is 82.1 Å². The molecular weight excluding hydrogens is 230 g/mol. The highest BCUT2D eigenvalue weighted by Gasteiger charge is 2.09. The zero-order valence-corrected chi connectivity index (χ0v) is 10.9. The number of rotatable bonds is 6. The van der Waals surface area contributed by atoms with Crippen LogP contribution in [0.25, 0.3) is 0 Å². The maximum absolute atomic E-state index is 9.25. The highest BCUT2D eigenvalue weighted by molar-refractivity contribution is 5.98. The molecule has 100 valence electrons. The Hall–Kier alpha value is -1.59. The van der Waals surface area contributed by atoms with Gasteiger partial charge in [-0.05, 0) is 26.0 Å². The highest BCUT2D eigenvalue weighted by Crippen LogP contribution is 2.11. The van der Waals surface area contributed by atoms with Gasteiger partial charge in [-0.25, -0.2) is 0 Å². The second-order valence-electron chi connectivity index (χ2n) is 4.52. The van der Waals surface area contributed by atoms with Crippen molar-refractivity contribution in [3.8, 4) is 0 Å². The molecule has 0 fully saturated rings. The molecule has 0 aliphatic heterocycles. The van der Waals surface area contributed by atoms with E-state index in [1.807, 2.05) is 31.3 Å². The number of oxime groups is 1. The summed E-state index contributed by atoms with van der Waals surface area (Å²) in [6.07, 6.45) is 0.425. The zero-order chi connectivity index (χ0) is 13.5. The first kappa shape index (κ1) is 14.5. The number of nitrogens with two attached hydrogens (primary N) is 1. The summed E-state index contributed by atoms with van der Waals surface area (Å²) in [6, 6.07) is 7.55. The van der Waals surface area contributed by atoms with Crippen molar-refractivity contribution in [1.29, 1.82) is 0 Å². The van der Waals surface area contributed by atoms with Crippen LogP contribution < -0.4 is 5.73 Å². The molecule has 0 spiro atoms.